The van der Waals surface area contributed by atoms with E-state index in [1.807, 2.05) is 0 Å². The molecule has 3 nitrogen and oxygen atoms in total. The van der Waals surface area contributed by atoms with E-state index in [0.29, 0.717) is 5.78 Å². The van der Waals surface area contributed by atoms with E-state index < -0.39 is 0 Å². The first-order valence-electron chi connectivity index (χ1n) is 5.59. The van der Waals surface area contributed by atoms with Crippen LogP contribution in [0.25, 0.3) is 0 Å². The second-order valence-corrected chi connectivity index (χ2v) is 4.50. The van der Waals surface area contributed by atoms with Crippen LogP contribution in [0.2, 0.25) is 0 Å². The lowest BCUT2D eigenvalue weighted by atomic mass is 9.80. The number of ether oxygens (including phenoxy) is 1. The molecular formula is C11H19NO2. The molecule has 1 aliphatic heterocycles. The van der Waals surface area contributed by atoms with Crippen LogP contribution in [-0.2, 0) is 9.53 Å². The van der Waals surface area contributed by atoms with Gasteiger partial charge in [-0.3, -0.25) is 9.69 Å². The van der Waals surface area contributed by atoms with Crippen molar-refractivity contribution >= 4 is 5.78 Å². The third kappa shape index (κ3) is 1.71. The molecule has 1 saturated heterocycles. The van der Waals surface area contributed by atoms with Gasteiger partial charge in [0.25, 0.3) is 0 Å². The number of nitrogens with zero attached hydrogens (tertiary/aromatic N) is 1. The van der Waals surface area contributed by atoms with E-state index in [4.69, 9.17) is 4.74 Å². The SMILES string of the molecule is C[C@]1(N2CCOCC2)CCCCC1=O. The van der Waals surface area contributed by atoms with Gasteiger partial charge in [0.15, 0.2) is 5.78 Å². The van der Waals surface area contributed by atoms with Crippen molar-refractivity contribution in [1.82, 2.24) is 4.90 Å². The number of rotatable bonds is 1. The molecule has 0 aromatic heterocycles. The number of ketones is 1. The predicted molar refractivity (Wildman–Crippen MR) is 54.3 cm³/mol. The normalized spacial score (nSPS) is 35.9. The Morgan fingerprint density at radius 2 is 2.00 bits per heavy atom. The third-order valence-corrected chi connectivity index (χ3v) is 3.63. The predicted octanol–water partition coefficient (Wildman–Crippen LogP) is 1.22. The van der Waals surface area contributed by atoms with Gasteiger partial charge in [0, 0.05) is 19.5 Å². The Hall–Kier alpha value is -0.410. The largest absolute Gasteiger partial charge is 0.379 e. The molecule has 0 radical (unpaired) electrons. The minimum Gasteiger partial charge on any atom is -0.379 e. The molecule has 80 valence electrons. The Labute approximate surface area is 85.4 Å². The Kier molecular flexibility index (Phi) is 2.88. The fourth-order valence-corrected chi connectivity index (χ4v) is 2.55. The molecule has 1 aliphatic carbocycles. The Balaban J connectivity index is 2.07. The monoisotopic (exact) mass is 197 g/mol. The number of Topliss-reactive ketones (excluding diaryl/α,β-unsaturated/α-hetero) is 1. The van der Waals surface area contributed by atoms with Gasteiger partial charge in [0.05, 0.1) is 18.8 Å². The van der Waals surface area contributed by atoms with Gasteiger partial charge in [0.1, 0.15) is 0 Å². The second-order valence-electron chi connectivity index (χ2n) is 4.50. The van der Waals surface area contributed by atoms with Crippen LogP contribution in [0.4, 0.5) is 0 Å². The summed E-state index contributed by atoms with van der Waals surface area (Å²) in [7, 11) is 0. The molecule has 0 aromatic rings. The first-order valence-corrected chi connectivity index (χ1v) is 5.59. The van der Waals surface area contributed by atoms with Crippen molar-refractivity contribution in [2.24, 2.45) is 0 Å². The van der Waals surface area contributed by atoms with Crippen molar-refractivity contribution in [1.29, 1.82) is 0 Å². The van der Waals surface area contributed by atoms with Gasteiger partial charge in [-0.1, -0.05) is 6.42 Å². The van der Waals surface area contributed by atoms with Crippen LogP contribution in [0.3, 0.4) is 0 Å². The smallest absolute Gasteiger partial charge is 0.152 e. The zero-order valence-electron chi connectivity index (χ0n) is 8.92. The number of morpholine rings is 1. The quantitative estimate of drug-likeness (QED) is 0.633. The highest BCUT2D eigenvalue weighted by Gasteiger charge is 2.40. The molecule has 1 heterocycles. The summed E-state index contributed by atoms with van der Waals surface area (Å²) < 4.78 is 5.32. The Bertz CT molecular complexity index is 223. The van der Waals surface area contributed by atoms with Gasteiger partial charge in [-0.25, -0.2) is 0 Å². The molecule has 0 spiro atoms. The van der Waals surface area contributed by atoms with Crippen molar-refractivity contribution < 1.29 is 9.53 Å². The molecule has 0 unspecified atom stereocenters. The summed E-state index contributed by atoms with van der Waals surface area (Å²) in [5, 5.41) is 0. The van der Waals surface area contributed by atoms with Crippen molar-refractivity contribution in [2.75, 3.05) is 26.3 Å². The summed E-state index contributed by atoms with van der Waals surface area (Å²) in [5.74, 6) is 0.436. The molecule has 1 atom stereocenters. The molecule has 0 amide bonds. The van der Waals surface area contributed by atoms with Crippen LogP contribution < -0.4 is 0 Å². The molecule has 0 aromatic carbocycles. The van der Waals surface area contributed by atoms with Crippen molar-refractivity contribution in [2.45, 2.75) is 38.1 Å². The van der Waals surface area contributed by atoms with Crippen molar-refractivity contribution in [3.8, 4) is 0 Å². The zero-order chi connectivity index (χ0) is 10.0. The molecule has 14 heavy (non-hydrogen) atoms. The number of hydrogen-bond acceptors (Lipinski definition) is 3. The van der Waals surface area contributed by atoms with E-state index in [1.165, 1.54) is 6.42 Å². The highest BCUT2D eigenvalue weighted by molar-refractivity contribution is 5.88. The van der Waals surface area contributed by atoms with Crippen LogP contribution >= 0.6 is 0 Å². The van der Waals surface area contributed by atoms with Gasteiger partial charge in [0.2, 0.25) is 0 Å². The molecule has 1 saturated carbocycles. The van der Waals surface area contributed by atoms with E-state index in [0.717, 1.165) is 45.6 Å². The topological polar surface area (TPSA) is 29.5 Å². The fourth-order valence-electron chi connectivity index (χ4n) is 2.55. The Morgan fingerprint density at radius 3 is 2.64 bits per heavy atom. The van der Waals surface area contributed by atoms with Gasteiger partial charge in [-0.05, 0) is 19.8 Å². The molecular weight excluding hydrogens is 178 g/mol. The molecule has 3 heteroatoms. The number of carbonyl (C=O) groups is 1. The molecule has 0 N–H and O–H groups in total. The van der Waals surface area contributed by atoms with Gasteiger partial charge >= 0.3 is 0 Å². The van der Waals surface area contributed by atoms with Crippen LogP contribution in [-0.4, -0.2) is 42.5 Å². The average Bonchev–Trinajstić information content (AvgIpc) is 2.24. The lowest BCUT2D eigenvalue weighted by Gasteiger charge is -2.44. The van der Waals surface area contributed by atoms with Crippen molar-refractivity contribution in [3.05, 3.63) is 0 Å². The van der Waals surface area contributed by atoms with E-state index in [-0.39, 0.29) is 5.54 Å². The first-order chi connectivity index (χ1) is 6.73. The van der Waals surface area contributed by atoms with Gasteiger partial charge in [-0.15, -0.1) is 0 Å². The maximum atomic E-state index is 11.9. The maximum Gasteiger partial charge on any atom is 0.152 e. The average molecular weight is 197 g/mol. The highest BCUT2D eigenvalue weighted by Crippen LogP contribution is 2.30. The van der Waals surface area contributed by atoms with E-state index >= 15 is 0 Å². The summed E-state index contributed by atoms with van der Waals surface area (Å²) in [6.07, 6.45) is 4.08. The van der Waals surface area contributed by atoms with Crippen LogP contribution in [0.15, 0.2) is 0 Å². The van der Waals surface area contributed by atoms with Gasteiger partial charge in [-0.2, -0.15) is 0 Å². The summed E-state index contributed by atoms with van der Waals surface area (Å²) in [6.45, 7) is 5.51. The maximum absolute atomic E-state index is 11.9. The molecule has 2 fully saturated rings. The lowest BCUT2D eigenvalue weighted by molar-refractivity contribution is -0.136. The summed E-state index contributed by atoms with van der Waals surface area (Å²) in [4.78, 5) is 14.3. The second kappa shape index (κ2) is 3.99. The third-order valence-electron chi connectivity index (χ3n) is 3.63. The zero-order valence-corrected chi connectivity index (χ0v) is 8.92. The van der Waals surface area contributed by atoms with Crippen LogP contribution in [0.5, 0.6) is 0 Å². The summed E-state index contributed by atoms with van der Waals surface area (Å²) >= 11 is 0. The van der Waals surface area contributed by atoms with E-state index in [9.17, 15) is 4.79 Å². The number of carbonyl (C=O) groups excluding carboxylic acids is 1. The summed E-state index contributed by atoms with van der Waals surface area (Å²) in [5.41, 5.74) is -0.179. The molecule has 0 bridgehead atoms. The van der Waals surface area contributed by atoms with Crippen LogP contribution in [0, 0.1) is 0 Å². The highest BCUT2D eigenvalue weighted by atomic mass is 16.5. The number of hydrogen-bond donors (Lipinski definition) is 0. The van der Waals surface area contributed by atoms with E-state index in [2.05, 4.69) is 11.8 Å². The van der Waals surface area contributed by atoms with E-state index in [1.54, 1.807) is 0 Å². The molecule has 2 aliphatic rings. The summed E-state index contributed by atoms with van der Waals surface area (Å²) in [6, 6.07) is 0. The lowest BCUT2D eigenvalue weighted by Crippen LogP contribution is -2.57. The van der Waals surface area contributed by atoms with Crippen molar-refractivity contribution in [3.63, 3.8) is 0 Å². The van der Waals surface area contributed by atoms with Crippen LogP contribution in [0.1, 0.15) is 32.6 Å². The molecule has 2 rings (SSSR count). The fraction of sp³-hybridized carbons (Fsp3) is 0.909. The van der Waals surface area contributed by atoms with Gasteiger partial charge < -0.3 is 4.74 Å². The Morgan fingerprint density at radius 1 is 1.29 bits per heavy atom. The first kappa shape index (κ1) is 10.1. The minimum absolute atomic E-state index is 0.179. The minimum atomic E-state index is -0.179. The standard InChI is InChI=1S/C11H19NO2/c1-11(5-3-2-4-10(11)13)12-6-8-14-9-7-12/h2-9H2,1H3/t11-/m0/s1.